The van der Waals surface area contributed by atoms with E-state index in [0.717, 1.165) is 32.4 Å². The van der Waals surface area contributed by atoms with Crippen LogP contribution in [0.15, 0.2) is 0 Å². The topological polar surface area (TPSA) is 114 Å². The van der Waals surface area contributed by atoms with Gasteiger partial charge < -0.3 is 35.2 Å². The molecule has 0 aromatic carbocycles. The predicted molar refractivity (Wildman–Crippen MR) is 139 cm³/mol. The lowest BCUT2D eigenvalue weighted by molar-refractivity contribution is -0.119. The molecule has 0 fully saturated rings. The van der Waals surface area contributed by atoms with Crippen LogP contribution in [-0.2, 0) is 4.74 Å². The van der Waals surface area contributed by atoms with E-state index >= 15 is 0 Å². The number of unbranched alkanes of at least 4 members (excludes halogenated alkanes) is 14. The van der Waals surface area contributed by atoms with Crippen LogP contribution in [-0.4, -0.2) is 94.8 Å². The van der Waals surface area contributed by atoms with Crippen LogP contribution in [0, 0.1) is 0 Å². The van der Waals surface area contributed by atoms with Crippen LogP contribution >= 0.6 is 0 Å². The number of ether oxygens (including phenoxy) is 1. The second kappa shape index (κ2) is 24.4. The molecule has 0 unspecified atom stereocenters. The molecule has 0 heterocycles. The fraction of sp³-hybridized carbons (Fsp3) is 1.00. The highest BCUT2D eigenvalue weighted by atomic mass is 16.5. The van der Waals surface area contributed by atoms with E-state index in [4.69, 9.17) is 9.84 Å². The standard InChI is InChI=1S/C27H57NO6/c1-3-4-5-6-7-8-9-10-11-12-13-14-15-16-17-19-28(20-18-21-34-2)22-24(30)26(32)27(33)25(31)23-29/h24-27,29-33H,3-23H2,1-2H3/t24-,25-,26-,27+/m1/s1. The quantitative estimate of drug-likeness (QED) is 0.117. The van der Waals surface area contributed by atoms with Crippen LogP contribution in [0.2, 0.25) is 0 Å². The Kier molecular flexibility index (Phi) is 24.2. The fourth-order valence-electron chi connectivity index (χ4n) is 4.37. The number of methoxy groups -OCH3 is 1. The number of nitrogens with zero attached hydrogens (tertiary/aromatic N) is 1. The van der Waals surface area contributed by atoms with Crippen LogP contribution in [0.4, 0.5) is 0 Å². The van der Waals surface area contributed by atoms with Crippen LogP contribution in [0.3, 0.4) is 0 Å². The molecule has 34 heavy (non-hydrogen) atoms. The number of hydrogen-bond acceptors (Lipinski definition) is 7. The van der Waals surface area contributed by atoms with Crippen molar-refractivity contribution >= 4 is 0 Å². The Morgan fingerprint density at radius 3 is 1.44 bits per heavy atom. The van der Waals surface area contributed by atoms with E-state index in [-0.39, 0.29) is 6.54 Å². The Balaban J connectivity index is 3.91. The summed E-state index contributed by atoms with van der Waals surface area (Å²) in [5.41, 5.74) is 0. The Morgan fingerprint density at radius 2 is 1.00 bits per heavy atom. The highest BCUT2D eigenvalue weighted by Gasteiger charge is 2.30. The normalized spacial score (nSPS) is 15.5. The zero-order chi connectivity index (χ0) is 25.4. The lowest BCUT2D eigenvalue weighted by atomic mass is 10.0. The van der Waals surface area contributed by atoms with E-state index < -0.39 is 31.0 Å². The van der Waals surface area contributed by atoms with Gasteiger partial charge in [-0.15, -0.1) is 0 Å². The molecule has 206 valence electrons. The van der Waals surface area contributed by atoms with Crippen LogP contribution in [0.5, 0.6) is 0 Å². The molecular formula is C27H57NO6. The van der Waals surface area contributed by atoms with Gasteiger partial charge in [-0.1, -0.05) is 96.8 Å². The summed E-state index contributed by atoms with van der Waals surface area (Å²) in [4.78, 5) is 2.08. The van der Waals surface area contributed by atoms with E-state index in [9.17, 15) is 20.4 Å². The maximum Gasteiger partial charge on any atom is 0.111 e. The second-order valence-corrected chi connectivity index (χ2v) is 9.90. The maximum atomic E-state index is 10.3. The predicted octanol–water partition coefficient (Wildman–Crippen LogP) is 3.63. The molecule has 4 atom stereocenters. The summed E-state index contributed by atoms with van der Waals surface area (Å²) in [6.07, 6.45) is 14.8. The van der Waals surface area contributed by atoms with E-state index in [2.05, 4.69) is 11.8 Å². The Hall–Kier alpha value is -0.280. The van der Waals surface area contributed by atoms with Crippen molar-refractivity contribution in [2.45, 2.75) is 134 Å². The average Bonchev–Trinajstić information content (AvgIpc) is 2.84. The van der Waals surface area contributed by atoms with Crippen molar-refractivity contribution in [3.63, 3.8) is 0 Å². The molecule has 7 nitrogen and oxygen atoms in total. The summed E-state index contributed by atoms with van der Waals surface area (Å²) in [5.74, 6) is 0. The molecule has 0 aromatic rings. The molecule has 0 aliphatic carbocycles. The smallest absolute Gasteiger partial charge is 0.111 e. The van der Waals surface area contributed by atoms with Crippen LogP contribution in [0.25, 0.3) is 0 Å². The molecule has 0 aliphatic heterocycles. The Labute approximate surface area is 209 Å². The number of hydrogen-bond donors (Lipinski definition) is 5. The summed E-state index contributed by atoms with van der Waals surface area (Å²) < 4.78 is 5.12. The largest absolute Gasteiger partial charge is 0.394 e. The van der Waals surface area contributed by atoms with Crippen LogP contribution < -0.4 is 0 Å². The van der Waals surface area contributed by atoms with Gasteiger partial charge in [-0.05, 0) is 19.4 Å². The van der Waals surface area contributed by atoms with E-state index in [1.165, 1.54) is 83.5 Å². The molecule has 0 rings (SSSR count). The lowest BCUT2D eigenvalue weighted by Gasteiger charge is -2.30. The highest BCUT2D eigenvalue weighted by Crippen LogP contribution is 2.14. The summed E-state index contributed by atoms with van der Waals surface area (Å²) >= 11 is 0. The molecule has 0 radical (unpaired) electrons. The van der Waals surface area contributed by atoms with Gasteiger partial charge in [-0.2, -0.15) is 0 Å². The molecule has 0 saturated heterocycles. The third-order valence-electron chi connectivity index (χ3n) is 6.67. The van der Waals surface area contributed by atoms with Gasteiger partial charge in [-0.3, -0.25) is 0 Å². The first-order valence-electron chi connectivity index (χ1n) is 14.0. The van der Waals surface area contributed by atoms with Crippen molar-refractivity contribution in [2.24, 2.45) is 0 Å². The zero-order valence-electron chi connectivity index (χ0n) is 22.3. The van der Waals surface area contributed by atoms with Crippen molar-refractivity contribution in [2.75, 3.05) is 40.0 Å². The van der Waals surface area contributed by atoms with Gasteiger partial charge in [0, 0.05) is 26.8 Å². The van der Waals surface area contributed by atoms with E-state index in [0.29, 0.717) is 6.61 Å². The van der Waals surface area contributed by atoms with Crippen LogP contribution in [0.1, 0.15) is 110 Å². The molecule has 0 amide bonds. The fourth-order valence-corrected chi connectivity index (χ4v) is 4.37. The van der Waals surface area contributed by atoms with Crippen molar-refractivity contribution in [1.82, 2.24) is 4.90 Å². The molecule has 0 aliphatic rings. The third kappa shape index (κ3) is 19.0. The zero-order valence-corrected chi connectivity index (χ0v) is 22.3. The van der Waals surface area contributed by atoms with Gasteiger partial charge in [0.05, 0.1) is 12.7 Å². The number of rotatable bonds is 26. The van der Waals surface area contributed by atoms with Crippen molar-refractivity contribution in [3.05, 3.63) is 0 Å². The van der Waals surface area contributed by atoms with Gasteiger partial charge in [0.1, 0.15) is 18.3 Å². The van der Waals surface area contributed by atoms with E-state index in [1.807, 2.05) is 0 Å². The average molecular weight is 492 g/mol. The molecule has 0 saturated carbocycles. The second-order valence-electron chi connectivity index (χ2n) is 9.90. The highest BCUT2D eigenvalue weighted by molar-refractivity contribution is 4.82. The monoisotopic (exact) mass is 491 g/mol. The SMILES string of the molecule is CCCCCCCCCCCCCCCCCN(CCCOC)C[C@@H](O)[C@@H](O)[C@@H](O)[C@H](O)CO. The molecule has 7 heteroatoms. The molecular weight excluding hydrogens is 434 g/mol. The first kappa shape index (κ1) is 33.7. The Bertz CT molecular complexity index is 415. The van der Waals surface area contributed by atoms with E-state index in [1.54, 1.807) is 7.11 Å². The Morgan fingerprint density at radius 1 is 0.588 bits per heavy atom. The summed E-state index contributed by atoms with van der Waals surface area (Å²) in [7, 11) is 1.66. The minimum absolute atomic E-state index is 0.207. The molecule has 5 N–H and O–H groups in total. The first-order chi connectivity index (χ1) is 16.5. The maximum absolute atomic E-state index is 10.3. The molecule has 0 aromatic heterocycles. The minimum Gasteiger partial charge on any atom is -0.394 e. The van der Waals surface area contributed by atoms with Crippen molar-refractivity contribution in [3.8, 4) is 0 Å². The van der Waals surface area contributed by atoms with Gasteiger partial charge in [-0.25, -0.2) is 0 Å². The number of aliphatic hydroxyl groups excluding tert-OH is 5. The van der Waals surface area contributed by atoms with Crippen molar-refractivity contribution in [1.29, 1.82) is 0 Å². The third-order valence-corrected chi connectivity index (χ3v) is 6.67. The lowest BCUT2D eigenvalue weighted by Crippen LogP contribution is -2.50. The summed E-state index contributed by atoms with van der Waals surface area (Å²) in [6, 6.07) is 0. The summed E-state index contributed by atoms with van der Waals surface area (Å²) in [5, 5.41) is 48.7. The molecule has 0 spiro atoms. The summed E-state index contributed by atoms with van der Waals surface area (Å²) in [6.45, 7) is 3.97. The van der Waals surface area contributed by atoms with Crippen molar-refractivity contribution < 1.29 is 30.3 Å². The van der Waals surface area contributed by atoms with Gasteiger partial charge >= 0.3 is 0 Å². The molecule has 0 bridgehead atoms. The minimum atomic E-state index is -1.58. The van der Waals surface area contributed by atoms with Gasteiger partial charge in [0.2, 0.25) is 0 Å². The first-order valence-corrected chi connectivity index (χ1v) is 14.0. The number of aliphatic hydroxyl groups is 5. The van der Waals surface area contributed by atoms with Gasteiger partial charge in [0.25, 0.3) is 0 Å². The van der Waals surface area contributed by atoms with Gasteiger partial charge in [0.15, 0.2) is 0 Å².